The van der Waals surface area contributed by atoms with Crippen LogP contribution in [0.5, 0.6) is 5.75 Å². The first-order chi connectivity index (χ1) is 7.33. The molecule has 0 amide bonds. The molecule has 0 aliphatic rings. The van der Waals surface area contributed by atoms with Crippen LogP contribution in [0, 0.1) is 0 Å². The number of rotatable bonds is 3. The smallest absolute Gasteiger partial charge is 0.147 e. The summed E-state index contributed by atoms with van der Waals surface area (Å²) in [4.78, 5) is 0. The van der Waals surface area contributed by atoms with Crippen molar-refractivity contribution in [1.29, 1.82) is 0 Å². The summed E-state index contributed by atoms with van der Waals surface area (Å²) in [6, 6.07) is 7.71. The van der Waals surface area contributed by atoms with E-state index in [0.717, 1.165) is 21.3 Å². The molecule has 0 N–H and O–H groups in total. The molecule has 0 spiro atoms. The molecule has 15 heavy (non-hydrogen) atoms. The summed E-state index contributed by atoms with van der Waals surface area (Å²) in [5.74, 6) is 1.24. The Kier molecular flexibility index (Phi) is 3.18. The van der Waals surface area contributed by atoms with Gasteiger partial charge in [-0.25, -0.2) is 0 Å². The Bertz CT molecular complexity index is 441. The fourth-order valence-corrected chi connectivity index (χ4v) is 2.07. The normalized spacial score (nSPS) is 10.3. The third-order valence-corrected chi connectivity index (χ3v) is 3.30. The van der Waals surface area contributed by atoms with E-state index >= 15 is 0 Å². The van der Waals surface area contributed by atoms with E-state index in [1.165, 1.54) is 11.3 Å². The summed E-state index contributed by atoms with van der Waals surface area (Å²) in [6.07, 6.45) is 0. The molecule has 3 nitrogen and oxygen atoms in total. The lowest BCUT2D eigenvalue weighted by Gasteiger charge is -1.99. The van der Waals surface area contributed by atoms with Crippen LogP contribution < -0.4 is 4.74 Å². The molecule has 0 unspecified atom stereocenters. The van der Waals surface area contributed by atoms with E-state index in [0.29, 0.717) is 5.88 Å². The Balaban J connectivity index is 2.28. The maximum Gasteiger partial charge on any atom is 0.147 e. The number of ether oxygens (including phenoxy) is 1. The summed E-state index contributed by atoms with van der Waals surface area (Å²) >= 11 is 7.17. The molecule has 78 valence electrons. The number of hydrogen-bond donors (Lipinski definition) is 0. The summed E-state index contributed by atoms with van der Waals surface area (Å²) in [6.45, 7) is 0. The summed E-state index contributed by atoms with van der Waals surface area (Å²) in [7, 11) is 1.64. The monoisotopic (exact) mass is 240 g/mol. The molecule has 1 aromatic carbocycles. The third kappa shape index (κ3) is 2.27. The van der Waals surface area contributed by atoms with Crippen LogP contribution in [0.4, 0.5) is 0 Å². The first-order valence-corrected chi connectivity index (χ1v) is 5.71. The molecular formula is C10H9ClN2OS. The third-order valence-electron chi connectivity index (χ3n) is 1.92. The van der Waals surface area contributed by atoms with Crippen LogP contribution in [-0.4, -0.2) is 17.3 Å². The van der Waals surface area contributed by atoms with E-state index in [1.807, 2.05) is 24.3 Å². The van der Waals surface area contributed by atoms with Crippen LogP contribution in [0.15, 0.2) is 24.3 Å². The van der Waals surface area contributed by atoms with Crippen LogP contribution in [0.3, 0.4) is 0 Å². The van der Waals surface area contributed by atoms with Gasteiger partial charge in [-0.3, -0.25) is 0 Å². The van der Waals surface area contributed by atoms with E-state index in [1.54, 1.807) is 7.11 Å². The highest BCUT2D eigenvalue weighted by molar-refractivity contribution is 7.14. The predicted molar refractivity (Wildman–Crippen MR) is 61.5 cm³/mol. The molecule has 0 aliphatic carbocycles. The van der Waals surface area contributed by atoms with Gasteiger partial charge in [-0.2, -0.15) is 0 Å². The van der Waals surface area contributed by atoms with E-state index < -0.39 is 0 Å². The van der Waals surface area contributed by atoms with Gasteiger partial charge >= 0.3 is 0 Å². The summed E-state index contributed by atoms with van der Waals surface area (Å²) in [5, 5.41) is 9.73. The van der Waals surface area contributed by atoms with E-state index in [4.69, 9.17) is 16.3 Å². The highest BCUT2D eigenvalue weighted by atomic mass is 35.5. The molecule has 0 fully saturated rings. The number of nitrogens with zero attached hydrogens (tertiary/aromatic N) is 2. The second-order valence-electron chi connectivity index (χ2n) is 2.86. The number of hydrogen-bond acceptors (Lipinski definition) is 4. The van der Waals surface area contributed by atoms with Crippen molar-refractivity contribution in [1.82, 2.24) is 10.2 Å². The van der Waals surface area contributed by atoms with Gasteiger partial charge < -0.3 is 4.74 Å². The van der Waals surface area contributed by atoms with Gasteiger partial charge in [-0.1, -0.05) is 11.3 Å². The van der Waals surface area contributed by atoms with E-state index in [2.05, 4.69) is 10.2 Å². The lowest BCUT2D eigenvalue weighted by atomic mass is 10.2. The fourth-order valence-electron chi connectivity index (χ4n) is 1.16. The van der Waals surface area contributed by atoms with Crippen LogP contribution in [-0.2, 0) is 5.88 Å². The predicted octanol–water partition coefficient (Wildman–Crippen LogP) is 2.95. The van der Waals surface area contributed by atoms with Crippen molar-refractivity contribution < 1.29 is 4.74 Å². The largest absolute Gasteiger partial charge is 0.497 e. The highest BCUT2D eigenvalue weighted by Crippen LogP contribution is 2.25. The van der Waals surface area contributed by atoms with E-state index in [-0.39, 0.29) is 0 Å². The molecular weight excluding hydrogens is 232 g/mol. The van der Waals surface area contributed by atoms with Crippen molar-refractivity contribution in [3.63, 3.8) is 0 Å². The Morgan fingerprint density at radius 2 is 2.00 bits per heavy atom. The number of benzene rings is 1. The summed E-state index contributed by atoms with van der Waals surface area (Å²) in [5.41, 5.74) is 1.03. The molecule has 1 heterocycles. The number of aromatic nitrogens is 2. The average Bonchev–Trinajstić information content (AvgIpc) is 2.78. The molecule has 0 saturated carbocycles. The topological polar surface area (TPSA) is 35.0 Å². The zero-order valence-electron chi connectivity index (χ0n) is 8.11. The quantitative estimate of drug-likeness (QED) is 0.774. The Hall–Kier alpha value is -1.13. The zero-order chi connectivity index (χ0) is 10.7. The summed E-state index contributed by atoms with van der Waals surface area (Å²) < 4.78 is 5.08. The lowest BCUT2D eigenvalue weighted by molar-refractivity contribution is 0.415. The molecule has 1 aromatic heterocycles. The standard InChI is InChI=1S/C10H9ClN2OS/c1-14-8-4-2-7(3-5-8)10-13-12-9(6-11)15-10/h2-5H,6H2,1H3. The second kappa shape index (κ2) is 4.59. The minimum absolute atomic E-state index is 0.411. The SMILES string of the molecule is COc1ccc(-c2nnc(CCl)s2)cc1. The van der Waals surface area contributed by atoms with Gasteiger partial charge in [0.05, 0.1) is 13.0 Å². The minimum Gasteiger partial charge on any atom is -0.497 e. The maximum atomic E-state index is 5.66. The van der Waals surface area contributed by atoms with Gasteiger partial charge in [0.2, 0.25) is 0 Å². The number of halogens is 1. The molecule has 0 bridgehead atoms. The first-order valence-electron chi connectivity index (χ1n) is 4.36. The van der Waals surface area contributed by atoms with Gasteiger partial charge in [0.1, 0.15) is 15.8 Å². The lowest BCUT2D eigenvalue weighted by Crippen LogP contribution is -1.82. The van der Waals surface area contributed by atoms with Crippen LogP contribution in [0.25, 0.3) is 10.6 Å². The van der Waals surface area contributed by atoms with Crippen LogP contribution in [0.2, 0.25) is 0 Å². The van der Waals surface area contributed by atoms with Crippen LogP contribution >= 0.6 is 22.9 Å². The van der Waals surface area contributed by atoms with Gasteiger partial charge in [0, 0.05) is 5.56 Å². The molecule has 0 atom stereocenters. The molecule has 2 rings (SSSR count). The van der Waals surface area contributed by atoms with Gasteiger partial charge in [0.15, 0.2) is 0 Å². The van der Waals surface area contributed by atoms with Crippen molar-refractivity contribution in [2.24, 2.45) is 0 Å². The zero-order valence-corrected chi connectivity index (χ0v) is 9.68. The molecule has 5 heteroatoms. The van der Waals surface area contributed by atoms with Crippen LogP contribution in [0.1, 0.15) is 5.01 Å². The maximum absolute atomic E-state index is 5.66. The fraction of sp³-hybridized carbons (Fsp3) is 0.200. The van der Waals surface area contributed by atoms with Crippen molar-refractivity contribution in [3.05, 3.63) is 29.3 Å². The average molecular weight is 241 g/mol. The van der Waals surface area contributed by atoms with Crippen molar-refractivity contribution in [2.45, 2.75) is 5.88 Å². The van der Waals surface area contributed by atoms with Crippen molar-refractivity contribution in [2.75, 3.05) is 7.11 Å². The Morgan fingerprint density at radius 1 is 1.27 bits per heavy atom. The highest BCUT2D eigenvalue weighted by Gasteiger charge is 2.05. The van der Waals surface area contributed by atoms with Crippen molar-refractivity contribution >= 4 is 22.9 Å². The van der Waals surface area contributed by atoms with Crippen molar-refractivity contribution in [3.8, 4) is 16.3 Å². The number of methoxy groups -OCH3 is 1. The molecule has 0 aliphatic heterocycles. The van der Waals surface area contributed by atoms with Gasteiger partial charge in [-0.05, 0) is 24.3 Å². The minimum atomic E-state index is 0.411. The Morgan fingerprint density at radius 3 is 2.53 bits per heavy atom. The molecule has 0 radical (unpaired) electrons. The molecule has 2 aromatic rings. The number of alkyl halides is 1. The molecule has 0 saturated heterocycles. The van der Waals surface area contributed by atoms with E-state index in [9.17, 15) is 0 Å². The Labute approximate surface area is 96.7 Å². The first kappa shape index (κ1) is 10.4. The second-order valence-corrected chi connectivity index (χ2v) is 4.19. The van der Waals surface area contributed by atoms with Gasteiger partial charge in [-0.15, -0.1) is 21.8 Å². The van der Waals surface area contributed by atoms with Gasteiger partial charge in [0.25, 0.3) is 0 Å².